The molecule has 0 N–H and O–H groups in total. The number of carbonyl (C=O) groups excluding carboxylic acids is 1. The number of rotatable bonds is 6. The zero-order chi connectivity index (χ0) is 17.6. The highest BCUT2D eigenvalue weighted by Gasteiger charge is 2.17. The molecule has 0 spiro atoms. The maximum atomic E-state index is 12.9. The van der Waals surface area contributed by atoms with Crippen LogP contribution in [0.3, 0.4) is 0 Å². The minimum absolute atomic E-state index is 0.0746. The van der Waals surface area contributed by atoms with Gasteiger partial charge in [-0.05, 0) is 48.7 Å². The monoisotopic (exact) mass is 358 g/mol. The van der Waals surface area contributed by atoms with E-state index in [0.717, 1.165) is 18.0 Å². The molecule has 3 nitrogen and oxygen atoms in total. The molecule has 2 aromatic carbocycles. The predicted molar refractivity (Wildman–Crippen MR) is 101 cm³/mol. The number of hydrogen-bond acceptors (Lipinski definition) is 3. The first kappa shape index (κ1) is 17.8. The average molecular weight is 358 g/mol. The summed E-state index contributed by atoms with van der Waals surface area (Å²) < 4.78 is 12.9. The van der Waals surface area contributed by atoms with Crippen LogP contribution in [0.5, 0.6) is 0 Å². The summed E-state index contributed by atoms with van der Waals surface area (Å²) in [5.74, 6) is 0.172. The van der Waals surface area contributed by atoms with E-state index in [1.165, 1.54) is 48.0 Å². The van der Waals surface area contributed by atoms with Crippen molar-refractivity contribution in [1.29, 1.82) is 0 Å². The average Bonchev–Trinajstić information content (AvgIpc) is 3.16. The summed E-state index contributed by atoms with van der Waals surface area (Å²) in [5.41, 5.74) is 2.43. The number of thioether (sulfide) groups is 1. The van der Waals surface area contributed by atoms with Crippen LogP contribution >= 0.6 is 11.8 Å². The van der Waals surface area contributed by atoms with E-state index in [1.54, 1.807) is 17.0 Å². The molecule has 3 rings (SSSR count). The molecule has 5 heteroatoms. The number of benzene rings is 2. The molecule has 0 aromatic heterocycles. The fraction of sp³-hybridized carbons (Fsp3) is 0.350. The van der Waals surface area contributed by atoms with Crippen LogP contribution < -0.4 is 4.90 Å². The Morgan fingerprint density at radius 1 is 1.12 bits per heavy atom. The lowest BCUT2D eigenvalue weighted by Crippen LogP contribution is -2.29. The lowest BCUT2D eigenvalue weighted by molar-refractivity contribution is -0.127. The zero-order valence-electron chi connectivity index (χ0n) is 14.5. The molecule has 1 aliphatic heterocycles. The standard InChI is InChI=1S/C20H23FN2OS/c1-22(20(24)15-25-18-10-8-17(21)9-11-18)14-16-6-2-3-7-19(16)23-12-4-5-13-23/h2-3,6-11H,4-5,12-15H2,1H3. The Kier molecular flexibility index (Phi) is 5.97. The number of para-hydroxylation sites is 1. The molecule has 1 heterocycles. The molecule has 0 aliphatic carbocycles. The van der Waals surface area contributed by atoms with Gasteiger partial charge < -0.3 is 9.80 Å². The van der Waals surface area contributed by atoms with Crippen molar-refractivity contribution in [2.24, 2.45) is 0 Å². The van der Waals surface area contributed by atoms with Gasteiger partial charge in [0.1, 0.15) is 5.82 Å². The highest BCUT2D eigenvalue weighted by molar-refractivity contribution is 8.00. The van der Waals surface area contributed by atoms with Crippen LogP contribution in [-0.2, 0) is 11.3 Å². The van der Waals surface area contributed by atoms with Crippen LogP contribution in [0.4, 0.5) is 10.1 Å². The van der Waals surface area contributed by atoms with E-state index in [0.29, 0.717) is 12.3 Å². The highest BCUT2D eigenvalue weighted by atomic mass is 32.2. The van der Waals surface area contributed by atoms with Crippen LogP contribution in [0.1, 0.15) is 18.4 Å². The van der Waals surface area contributed by atoms with Gasteiger partial charge in [-0.3, -0.25) is 4.79 Å². The first-order valence-electron chi connectivity index (χ1n) is 8.58. The number of anilines is 1. The molecule has 0 saturated carbocycles. The van der Waals surface area contributed by atoms with Gasteiger partial charge in [0.25, 0.3) is 0 Å². The third kappa shape index (κ3) is 4.75. The van der Waals surface area contributed by atoms with Gasteiger partial charge in [0.05, 0.1) is 5.75 Å². The summed E-state index contributed by atoms with van der Waals surface area (Å²) in [6.45, 7) is 2.79. The van der Waals surface area contributed by atoms with Crippen molar-refractivity contribution in [3.05, 3.63) is 59.9 Å². The quantitative estimate of drug-likeness (QED) is 0.724. The van der Waals surface area contributed by atoms with Crippen LogP contribution in [0.15, 0.2) is 53.4 Å². The summed E-state index contributed by atoms with van der Waals surface area (Å²) in [6, 6.07) is 14.6. The van der Waals surface area contributed by atoms with Crippen molar-refractivity contribution in [2.75, 3.05) is 30.8 Å². The molecule has 1 amide bonds. The number of amides is 1. The minimum atomic E-state index is -0.258. The molecular formula is C20H23FN2OS. The van der Waals surface area contributed by atoms with Crippen molar-refractivity contribution >= 4 is 23.4 Å². The fourth-order valence-electron chi connectivity index (χ4n) is 3.04. The second-order valence-electron chi connectivity index (χ2n) is 6.32. The van der Waals surface area contributed by atoms with Crippen LogP contribution in [0.2, 0.25) is 0 Å². The van der Waals surface area contributed by atoms with Gasteiger partial charge in [-0.25, -0.2) is 4.39 Å². The van der Waals surface area contributed by atoms with E-state index in [9.17, 15) is 9.18 Å². The van der Waals surface area contributed by atoms with Gasteiger partial charge in [-0.2, -0.15) is 0 Å². The van der Waals surface area contributed by atoms with Gasteiger partial charge in [0.15, 0.2) is 0 Å². The van der Waals surface area contributed by atoms with Crippen molar-refractivity contribution in [3.8, 4) is 0 Å². The summed E-state index contributed by atoms with van der Waals surface area (Å²) >= 11 is 1.44. The van der Waals surface area contributed by atoms with Crippen molar-refractivity contribution in [1.82, 2.24) is 4.90 Å². The Morgan fingerprint density at radius 2 is 1.80 bits per heavy atom. The van der Waals surface area contributed by atoms with Gasteiger partial charge in [0.2, 0.25) is 5.91 Å². The Balaban J connectivity index is 1.59. The van der Waals surface area contributed by atoms with Gasteiger partial charge in [0, 0.05) is 37.3 Å². The lowest BCUT2D eigenvalue weighted by atomic mass is 10.1. The third-order valence-corrected chi connectivity index (χ3v) is 5.44. The van der Waals surface area contributed by atoms with Gasteiger partial charge >= 0.3 is 0 Å². The number of hydrogen-bond donors (Lipinski definition) is 0. The van der Waals surface area contributed by atoms with Gasteiger partial charge in [-0.1, -0.05) is 18.2 Å². The molecule has 1 aliphatic rings. The van der Waals surface area contributed by atoms with E-state index >= 15 is 0 Å². The van der Waals surface area contributed by atoms with Crippen molar-refractivity contribution < 1.29 is 9.18 Å². The molecule has 0 radical (unpaired) electrons. The maximum Gasteiger partial charge on any atom is 0.232 e. The van der Waals surface area contributed by atoms with E-state index in [-0.39, 0.29) is 11.7 Å². The topological polar surface area (TPSA) is 23.6 Å². The highest BCUT2D eigenvalue weighted by Crippen LogP contribution is 2.26. The number of carbonyl (C=O) groups is 1. The molecule has 1 fully saturated rings. The Hall–Kier alpha value is -2.01. The molecule has 1 saturated heterocycles. The molecule has 2 aromatic rings. The molecule has 132 valence electrons. The minimum Gasteiger partial charge on any atom is -0.371 e. The zero-order valence-corrected chi connectivity index (χ0v) is 15.3. The van der Waals surface area contributed by atoms with Crippen LogP contribution in [0, 0.1) is 5.82 Å². The molecule has 25 heavy (non-hydrogen) atoms. The number of halogens is 1. The van der Waals surface area contributed by atoms with E-state index in [1.807, 2.05) is 13.1 Å². The smallest absolute Gasteiger partial charge is 0.232 e. The second kappa shape index (κ2) is 8.39. The van der Waals surface area contributed by atoms with E-state index in [2.05, 4.69) is 23.1 Å². The van der Waals surface area contributed by atoms with E-state index < -0.39 is 0 Å². The van der Waals surface area contributed by atoms with Crippen LogP contribution in [0.25, 0.3) is 0 Å². The summed E-state index contributed by atoms with van der Waals surface area (Å²) in [6.07, 6.45) is 2.47. The fourth-order valence-corrected chi connectivity index (χ4v) is 3.88. The molecule has 0 unspecified atom stereocenters. The van der Waals surface area contributed by atoms with E-state index in [4.69, 9.17) is 0 Å². The largest absolute Gasteiger partial charge is 0.371 e. The normalized spacial score (nSPS) is 13.9. The van der Waals surface area contributed by atoms with Crippen molar-refractivity contribution in [3.63, 3.8) is 0 Å². The lowest BCUT2D eigenvalue weighted by Gasteiger charge is -2.24. The van der Waals surface area contributed by atoms with Gasteiger partial charge in [-0.15, -0.1) is 11.8 Å². The molecule has 0 bridgehead atoms. The SMILES string of the molecule is CN(Cc1ccccc1N1CCCC1)C(=O)CSc1ccc(F)cc1. The first-order chi connectivity index (χ1) is 12.1. The Morgan fingerprint density at radius 3 is 2.52 bits per heavy atom. The van der Waals surface area contributed by atoms with Crippen LogP contribution in [-0.4, -0.2) is 36.7 Å². The Labute approximate surface area is 152 Å². The first-order valence-corrected chi connectivity index (χ1v) is 9.57. The summed E-state index contributed by atoms with van der Waals surface area (Å²) in [5, 5.41) is 0. The maximum absolute atomic E-state index is 12.9. The molecular weight excluding hydrogens is 335 g/mol. The molecule has 0 atom stereocenters. The van der Waals surface area contributed by atoms with Crippen molar-refractivity contribution in [2.45, 2.75) is 24.3 Å². The summed E-state index contributed by atoms with van der Waals surface area (Å²) in [4.78, 5) is 17.5. The second-order valence-corrected chi connectivity index (χ2v) is 7.36. The Bertz CT molecular complexity index is 714. The predicted octanol–water partition coefficient (Wildman–Crippen LogP) is 4.18. The number of nitrogens with zero attached hydrogens (tertiary/aromatic N) is 2. The summed E-state index contributed by atoms with van der Waals surface area (Å²) in [7, 11) is 1.84. The third-order valence-electron chi connectivity index (χ3n) is 4.45.